The Bertz CT molecular complexity index is 7510. The molecule has 4 heterocycles. The Morgan fingerprint density at radius 1 is 0.262 bits per heavy atom. The Balaban J connectivity index is 0.000000143. The second kappa shape index (κ2) is 37.4. The van der Waals surface area contributed by atoms with Crippen LogP contribution in [0.1, 0.15) is 226 Å². The summed E-state index contributed by atoms with van der Waals surface area (Å²) in [6.07, 6.45) is 0. The number of anilines is 5. The lowest BCUT2D eigenvalue weighted by Crippen LogP contribution is -2.86. The van der Waals surface area contributed by atoms with E-state index in [1.807, 2.05) is 0 Å². The minimum atomic E-state index is -3.02. The molecule has 6 aliphatic rings. The van der Waals surface area contributed by atoms with E-state index in [0.29, 0.717) is 35.5 Å². The van der Waals surface area contributed by atoms with Crippen molar-refractivity contribution < 1.29 is 0 Å². The van der Waals surface area contributed by atoms with Gasteiger partial charge < -0.3 is 16.4 Å². The van der Waals surface area contributed by atoms with Gasteiger partial charge in [0.15, 0.2) is 16.1 Å². The SMILES string of the molecule is C.CC(C)c1cc(C(C)C)c(B2c3ccccc3[Si](c3ccccc3)(c3ccccc3)c3cc(Cl)ccc32)c(C(C)C)c1.Cc1ccc2c(c1)C1(c3cc(C)ccc3N2)c2ccccc2-c2ccccc21.Cc1ccc2c(c1)C1(c3ccccc3-c3ccccc31)c1cc(C)ccc1N2c1ccc2c(c1)[Si](c1ccccc1)(c1ccccc1)c1ccccc1B2c1c(C(C)C)cc(C(C)C)cc1C(C)C.N. The number of benzene rings is 18. The van der Waals surface area contributed by atoms with Crippen LogP contribution in [-0.2, 0) is 10.8 Å². The molecule has 8 heteroatoms. The van der Waals surface area contributed by atoms with E-state index >= 15 is 0 Å². The number of fused-ring (bicyclic) bond motifs is 22. The highest BCUT2D eigenvalue weighted by Gasteiger charge is 2.57. The van der Waals surface area contributed by atoms with Gasteiger partial charge in [-0.2, -0.15) is 0 Å². The van der Waals surface area contributed by atoms with E-state index in [-0.39, 0.29) is 32.4 Å². The van der Waals surface area contributed by atoms with Crippen LogP contribution in [-0.4, -0.2) is 29.6 Å². The van der Waals surface area contributed by atoms with E-state index in [1.165, 1.54) is 225 Å². The maximum absolute atomic E-state index is 6.94. The lowest BCUT2D eigenvalue weighted by molar-refractivity contribution is 0.750. The van der Waals surface area contributed by atoms with Crippen molar-refractivity contribution in [3.63, 3.8) is 0 Å². The molecule has 24 rings (SSSR count). The van der Waals surface area contributed by atoms with Gasteiger partial charge in [0.05, 0.1) is 22.2 Å². The van der Waals surface area contributed by atoms with E-state index in [1.54, 1.807) is 0 Å². The van der Waals surface area contributed by atoms with Crippen molar-refractivity contribution in [2.75, 3.05) is 10.2 Å². The van der Waals surface area contributed by atoms with Crippen molar-refractivity contribution >= 4 is 144 Å². The van der Waals surface area contributed by atoms with Crippen molar-refractivity contribution in [3.05, 3.63) is 506 Å². The largest absolute Gasteiger partial charge is 0.355 e. The van der Waals surface area contributed by atoms with Crippen molar-refractivity contribution in [3.8, 4) is 22.3 Å². The van der Waals surface area contributed by atoms with Crippen LogP contribution in [0.4, 0.5) is 28.4 Å². The molecule has 2 spiro atoms. The number of hydrogen-bond acceptors (Lipinski definition) is 3. The van der Waals surface area contributed by atoms with Gasteiger partial charge in [-0.25, -0.2) is 0 Å². The lowest BCUT2D eigenvalue weighted by Gasteiger charge is -2.47. The molecule has 0 saturated heterocycles. The molecule has 0 unspecified atom stereocenters. The first-order valence-electron chi connectivity index (χ1n) is 50.6. The zero-order valence-corrected chi connectivity index (χ0v) is 86.5. The van der Waals surface area contributed by atoms with Crippen molar-refractivity contribution in [1.29, 1.82) is 0 Å². The number of aryl methyl sites for hydroxylation is 4. The van der Waals surface area contributed by atoms with Crippen LogP contribution in [0.3, 0.4) is 0 Å². The fourth-order valence-corrected chi connectivity index (χ4v) is 36.6. The molecule has 696 valence electrons. The highest BCUT2D eigenvalue weighted by molar-refractivity contribution is 7.27. The molecule has 4 N–H and O–H groups in total. The van der Waals surface area contributed by atoms with Gasteiger partial charge in [-0.3, -0.25) is 0 Å². The van der Waals surface area contributed by atoms with E-state index < -0.39 is 21.6 Å². The summed E-state index contributed by atoms with van der Waals surface area (Å²) in [5.41, 5.74) is 44.1. The van der Waals surface area contributed by atoms with E-state index in [9.17, 15) is 0 Å². The Labute approximate surface area is 846 Å². The van der Waals surface area contributed by atoms with Gasteiger partial charge in [-0.05, 0) is 253 Å². The van der Waals surface area contributed by atoms with Crippen LogP contribution < -0.4 is 90.6 Å². The van der Waals surface area contributed by atoms with Gasteiger partial charge in [0.25, 0.3) is 0 Å². The topological polar surface area (TPSA) is 50.3 Å². The molecule has 0 saturated carbocycles. The minimum absolute atomic E-state index is 0. The van der Waals surface area contributed by atoms with Crippen molar-refractivity contribution in [1.82, 2.24) is 6.15 Å². The van der Waals surface area contributed by atoms with Crippen molar-refractivity contribution in [2.24, 2.45) is 0 Å². The molecule has 3 nitrogen and oxygen atoms in total. The average Bonchev–Trinajstić information content (AvgIpc) is 1.57. The van der Waals surface area contributed by atoms with Gasteiger partial charge in [0, 0.05) is 22.1 Å². The molecule has 0 radical (unpaired) electrons. The summed E-state index contributed by atoms with van der Waals surface area (Å²) in [7, 11) is -5.70. The molecular formula is C133H128B2ClN3Si2. The zero-order valence-electron chi connectivity index (χ0n) is 83.8. The predicted molar refractivity (Wildman–Crippen MR) is 615 cm³/mol. The van der Waals surface area contributed by atoms with Crippen LogP contribution in [0.15, 0.2) is 400 Å². The maximum atomic E-state index is 6.94. The molecule has 0 bridgehead atoms. The summed E-state index contributed by atoms with van der Waals surface area (Å²) < 4.78 is 0. The molecule has 0 fully saturated rings. The Morgan fingerprint density at radius 3 is 0.887 bits per heavy atom. The summed E-state index contributed by atoms with van der Waals surface area (Å²) >= 11 is 6.94. The molecule has 141 heavy (non-hydrogen) atoms. The summed E-state index contributed by atoms with van der Waals surface area (Å²) in [5, 5.41) is 16.0. The average molecular weight is 1880 g/mol. The third kappa shape index (κ3) is 14.9. The number of halogens is 1. The smallest absolute Gasteiger partial charge is 0.241 e. The van der Waals surface area contributed by atoms with E-state index in [2.05, 4.69) is 521 Å². The fourth-order valence-electron chi connectivity index (χ4n) is 25.7. The molecular weight excluding hydrogens is 1750 g/mol. The van der Waals surface area contributed by atoms with E-state index in [0.717, 1.165) is 5.02 Å². The predicted octanol–water partition coefficient (Wildman–Crippen LogP) is 25.5. The fraction of sp³-hybridized carbons (Fsp3) is 0.188. The molecule has 0 aromatic heterocycles. The molecule has 0 atom stereocenters. The van der Waals surface area contributed by atoms with Gasteiger partial charge in [-0.1, -0.05) is 509 Å². The van der Waals surface area contributed by atoms with Gasteiger partial charge in [0.1, 0.15) is 0 Å². The minimum Gasteiger partial charge on any atom is -0.355 e. The Kier molecular flexibility index (Phi) is 25.2. The number of nitrogens with one attached hydrogen (secondary N) is 1. The lowest BCUT2D eigenvalue weighted by atomic mass is 9.34. The standard InChI is InChI=1S/C66H60BNSi.C39H40BClSi.C27H21N.CH4.H3N/c1-42(2)47-39-53(43(3)4)65(54(40-47)44(5)6)67-59-29-19-20-30-63(59)69(49-21-11-9-12-22-49,50-23-13-10-14-24-50)64-41-48(33-34-60(64)67)68-61-35-31-45(7)37-57(61)66(58-38-46(8)32-36-62(58)68)55-27-17-15-25-51(55)52-26-16-18-28-56(52)66;1-26(2)29-23-33(27(3)4)39(34(24-29)28(5)6)40-35-19-13-14-20-37(35)42(31-15-9-7-10-16-31,32-17-11-8-12-18-32)38-25-30(41)21-22-36(38)40;1-17-11-13-25-23(15-17)27(24-16-18(2)12-14-26(24)28-25)21-9-5-3-7-19(21)20-8-4-6-10-22(20)27;;/h9-44H,1-8H3;7-28H,1-6H3;3-16,28H,1-2H3;1H4;1H3. The first kappa shape index (κ1) is 94.9. The summed E-state index contributed by atoms with van der Waals surface area (Å²) in [6, 6.07) is 153. The monoisotopic (exact) mass is 1880 g/mol. The zero-order chi connectivity index (χ0) is 95.8. The molecule has 18 aromatic carbocycles. The summed E-state index contributed by atoms with van der Waals surface area (Å²) in [5.74, 6) is 2.44. The van der Waals surface area contributed by atoms with Crippen LogP contribution in [0.2, 0.25) is 5.02 Å². The second-order valence-corrected chi connectivity index (χ2v) is 49.8. The van der Waals surface area contributed by atoms with Gasteiger partial charge in [-0.15, -0.1) is 0 Å². The van der Waals surface area contributed by atoms with Gasteiger partial charge in [0.2, 0.25) is 13.4 Å². The number of rotatable bonds is 13. The first-order chi connectivity index (χ1) is 67.5. The molecule has 4 aliphatic heterocycles. The normalized spacial score (nSPS) is 14.2. The molecule has 0 amide bonds. The van der Waals surface area contributed by atoms with Crippen molar-refractivity contribution in [2.45, 2.75) is 165 Å². The van der Waals surface area contributed by atoms with Crippen LogP contribution in [0.5, 0.6) is 0 Å². The molecule has 2 aliphatic carbocycles. The highest BCUT2D eigenvalue weighted by atomic mass is 35.5. The number of hydrogen-bond donors (Lipinski definition) is 2. The third-order valence-corrected chi connectivity index (χ3v) is 41.8. The van der Waals surface area contributed by atoms with E-state index in [4.69, 9.17) is 11.6 Å². The van der Waals surface area contributed by atoms with Gasteiger partial charge >= 0.3 is 0 Å². The van der Waals surface area contributed by atoms with Crippen LogP contribution in [0, 0.1) is 27.7 Å². The third-order valence-electron chi connectivity index (χ3n) is 31.8. The number of nitrogens with zero attached hydrogens (tertiary/aromatic N) is 1. The second-order valence-electron chi connectivity index (χ2n) is 41.9. The Morgan fingerprint density at radius 2 is 0.546 bits per heavy atom. The summed E-state index contributed by atoms with van der Waals surface area (Å²) in [6.45, 7) is 37.5. The maximum Gasteiger partial charge on any atom is 0.241 e. The molecule has 18 aromatic rings. The summed E-state index contributed by atoms with van der Waals surface area (Å²) in [4.78, 5) is 2.62. The quantitative estimate of drug-likeness (QED) is 0.113. The first-order valence-corrected chi connectivity index (χ1v) is 55.0. The van der Waals surface area contributed by atoms with Crippen LogP contribution >= 0.6 is 11.6 Å². The van der Waals surface area contributed by atoms with Crippen LogP contribution in [0.25, 0.3) is 22.3 Å². The highest BCUT2D eigenvalue weighted by Crippen LogP contribution is 2.65. The Hall–Kier alpha value is -13.6.